The lowest BCUT2D eigenvalue weighted by Crippen LogP contribution is -2.02. The standard InChI is InChI=1S/C25H18BrFN2O2/c1-2-30-24-12-19(11-20(15-29)21-9-5-6-10-23(21)27)22(26)13-25(24)31-16-18-8-4-3-7-17(18)14-28/h3-13H,2,16H2,1H3/b20-11-. The van der Waals surface area contributed by atoms with Gasteiger partial charge in [0, 0.05) is 15.6 Å². The Balaban J connectivity index is 1.96. The van der Waals surface area contributed by atoms with Crippen LogP contribution in [0.1, 0.15) is 29.2 Å². The van der Waals surface area contributed by atoms with Gasteiger partial charge in [-0.2, -0.15) is 10.5 Å². The minimum absolute atomic E-state index is 0.192. The van der Waals surface area contributed by atoms with Crippen LogP contribution < -0.4 is 9.47 Å². The summed E-state index contributed by atoms with van der Waals surface area (Å²) in [4.78, 5) is 0. The summed E-state index contributed by atoms with van der Waals surface area (Å²) in [5.74, 6) is 0.507. The highest BCUT2D eigenvalue weighted by Crippen LogP contribution is 2.36. The third kappa shape index (κ3) is 5.31. The third-order valence-electron chi connectivity index (χ3n) is 4.47. The Bertz CT molecular complexity index is 1210. The quantitative estimate of drug-likeness (QED) is 0.288. The lowest BCUT2D eigenvalue weighted by molar-refractivity contribution is 0.269. The molecule has 0 heterocycles. The molecule has 3 aromatic carbocycles. The van der Waals surface area contributed by atoms with Gasteiger partial charge in [0.2, 0.25) is 0 Å². The zero-order chi connectivity index (χ0) is 22.2. The van der Waals surface area contributed by atoms with E-state index in [1.165, 1.54) is 6.07 Å². The van der Waals surface area contributed by atoms with Crippen molar-refractivity contribution in [3.05, 3.63) is 93.2 Å². The molecule has 0 aliphatic rings. The Morgan fingerprint density at radius 1 is 1.03 bits per heavy atom. The van der Waals surface area contributed by atoms with Crippen molar-refractivity contribution in [1.82, 2.24) is 0 Å². The summed E-state index contributed by atoms with van der Waals surface area (Å²) in [6.07, 6.45) is 1.60. The molecule has 0 saturated heterocycles. The number of nitrogens with zero attached hydrogens (tertiary/aromatic N) is 2. The van der Waals surface area contributed by atoms with E-state index in [2.05, 4.69) is 28.1 Å². The van der Waals surface area contributed by atoms with E-state index in [-0.39, 0.29) is 17.7 Å². The fourth-order valence-electron chi connectivity index (χ4n) is 2.96. The number of rotatable bonds is 7. The molecule has 0 radical (unpaired) electrons. The number of hydrogen-bond donors (Lipinski definition) is 0. The first-order valence-electron chi connectivity index (χ1n) is 9.51. The molecule has 0 amide bonds. The summed E-state index contributed by atoms with van der Waals surface area (Å²) in [5.41, 5.74) is 2.37. The second-order valence-corrected chi connectivity index (χ2v) is 7.32. The van der Waals surface area contributed by atoms with Crippen LogP contribution in [-0.4, -0.2) is 6.61 Å². The van der Waals surface area contributed by atoms with Gasteiger partial charge in [0.05, 0.1) is 29.9 Å². The zero-order valence-corrected chi connectivity index (χ0v) is 18.3. The monoisotopic (exact) mass is 476 g/mol. The highest BCUT2D eigenvalue weighted by molar-refractivity contribution is 9.10. The number of hydrogen-bond acceptors (Lipinski definition) is 4. The first-order valence-corrected chi connectivity index (χ1v) is 10.3. The van der Waals surface area contributed by atoms with Crippen LogP contribution in [0, 0.1) is 28.5 Å². The molecule has 0 atom stereocenters. The molecule has 0 aliphatic heterocycles. The van der Waals surface area contributed by atoms with E-state index in [0.717, 1.165) is 5.56 Å². The molecular formula is C25H18BrFN2O2. The molecule has 0 bridgehead atoms. The average molecular weight is 477 g/mol. The van der Waals surface area contributed by atoms with Crippen molar-refractivity contribution in [2.24, 2.45) is 0 Å². The molecule has 154 valence electrons. The van der Waals surface area contributed by atoms with Crippen molar-refractivity contribution >= 4 is 27.6 Å². The van der Waals surface area contributed by atoms with Crippen molar-refractivity contribution in [2.45, 2.75) is 13.5 Å². The highest BCUT2D eigenvalue weighted by atomic mass is 79.9. The molecule has 6 heteroatoms. The van der Waals surface area contributed by atoms with E-state index >= 15 is 0 Å². The van der Waals surface area contributed by atoms with Gasteiger partial charge < -0.3 is 9.47 Å². The first kappa shape index (κ1) is 22.1. The van der Waals surface area contributed by atoms with Crippen LogP contribution in [0.4, 0.5) is 4.39 Å². The smallest absolute Gasteiger partial charge is 0.162 e. The normalized spacial score (nSPS) is 10.8. The van der Waals surface area contributed by atoms with E-state index in [9.17, 15) is 14.9 Å². The van der Waals surface area contributed by atoms with Crippen LogP contribution in [0.5, 0.6) is 11.5 Å². The van der Waals surface area contributed by atoms with Crippen molar-refractivity contribution in [3.63, 3.8) is 0 Å². The molecule has 0 fully saturated rings. The minimum atomic E-state index is -0.465. The van der Waals surface area contributed by atoms with Gasteiger partial charge in [-0.25, -0.2) is 4.39 Å². The van der Waals surface area contributed by atoms with Crippen molar-refractivity contribution < 1.29 is 13.9 Å². The second kappa shape index (κ2) is 10.4. The molecular weight excluding hydrogens is 459 g/mol. The third-order valence-corrected chi connectivity index (χ3v) is 5.15. The molecule has 0 saturated carbocycles. The van der Waals surface area contributed by atoms with Crippen LogP contribution in [0.15, 0.2) is 65.1 Å². The zero-order valence-electron chi connectivity index (χ0n) is 16.7. The maximum absolute atomic E-state index is 14.1. The topological polar surface area (TPSA) is 66.0 Å². The number of halogens is 2. The van der Waals surface area contributed by atoms with Gasteiger partial charge in [-0.3, -0.25) is 0 Å². The summed E-state index contributed by atoms with van der Waals surface area (Å²) < 4.78 is 26.5. The van der Waals surface area contributed by atoms with Crippen molar-refractivity contribution in [1.29, 1.82) is 10.5 Å². The molecule has 4 nitrogen and oxygen atoms in total. The fourth-order valence-corrected chi connectivity index (χ4v) is 3.40. The van der Waals surface area contributed by atoms with Gasteiger partial charge in [0.1, 0.15) is 12.4 Å². The van der Waals surface area contributed by atoms with Crippen LogP contribution in [0.2, 0.25) is 0 Å². The average Bonchev–Trinajstić information content (AvgIpc) is 2.79. The first-order chi connectivity index (χ1) is 15.1. The van der Waals surface area contributed by atoms with Crippen LogP contribution in [-0.2, 0) is 6.61 Å². The summed E-state index contributed by atoms with van der Waals surface area (Å²) >= 11 is 3.50. The van der Waals surface area contributed by atoms with E-state index < -0.39 is 5.82 Å². The molecule has 0 unspecified atom stereocenters. The molecule has 0 aromatic heterocycles. The van der Waals surface area contributed by atoms with Crippen molar-refractivity contribution in [3.8, 4) is 23.6 Å². The van der Waals surface area contributed by atoms with Crippen LogP contribution in [0.3, 0.4) is 0 Å². The van der Waals surface area contributed by atoms with Crippen LogP contribution in [0.25, 0.3) is 11.6 Å². The summed E-state index contributed by atoms with van der Waals surface area (Å²) in [6.45, 7) is 2.46. The van der Waals surface area contributed by atoms with Crippen molar-refractivity contribution in [2.75, 3.05) is 6.61 Å². The number of allylic oxidation sites excluding steroid dienone is 1. The number of ether oxygens (including phenoxy) is 2. The maximum Gasteiger partial charge on any atom is 0.162 e. The van der Waals surface area contributed by atoms with E-state index in [4.69, 9.17) is 9.47 Å². The Labute approximate surface area is 188 Å². The lowest BCUT2D eigenvalue weighted by Gasteiger charge is -2.15. The molecule has 3 aromatic rings. The van der Waals surface area contributed by atoms with Gasteiger partial charge in [0.25, 0.3) is 0 Å². The van der Waals surface area contributed by atoms with Gasteiger partial charge in [-0.1, -0.05) is 52.3 Å². The second-order valence-electron chi connectivity index (χ2n) is 6.46. The Morgan fingerprint density at radius 2 is 1.74 bits per heavy atom. The minimum Gasteiger partial charge on any atom is -0.490 e. The molecule has 3 rings (SSSR count). The molecule has 0 spiro atoms. The van der Waals surface area contributed by atoms with E-state index in [1.807, 2.05) is 19.1 Å². The predicted molar refractivity (Wildman–Crippen MR) is 121 cm³/mol. The lowest BCUT2D eigenvalue weighted by atomic mass is 10.0. The SMILES string of the molecule is CCOc1cc(/C=C(/C#N)c2ccccc2F)c(Br)cc1OCc1ccccc1C#N. The Morgan fingerprint density at radius 3 is 2.45 bits per heavy atom. The Kier molecular flexibility index (Phi) is 7.43. The number of benzene rings is 3. The fraction of sp³-hybridized carbons (Fsp3) is 0.120. The summed E-state index contributed by atoms with van der Waals surface area (Å²) in [6, 6.07) is 21.0. The highest BCUT2D eigenvalue weighted by Gasteiger charge is 2.13. The largest absolute Gasteiger partial charge is 0.490 e. The maximum atomic E-state index is 14.1. The predicted octanol–water partition coefficient (Wildman–Crippen LogP) is 6.50. The summed E-state index contributed by atoms with van der Waals surface area (Å²) in [7, 11) is 0. The van der Waals surface area contributed by atoms with Gasteiger partial charge >= 0.3 is 0 Å². The van der Waals surface area contributed by atoms with Gasteiger partial charge in [-0.05, 0) is 42.8 Å². The van der Waals surface area contributed by atoms with Gasteiger partial charge in [-0.15, -0.1) is 0 Å². The van der Waals surface area contributed by atoms with Gasteiger partial charge in [0.15, 0.2) is 11.5 Å². The van der Waals surface area contributed by atoms with Crippen LogP contribution >= 0.6 is 15.9 Å². The van der Waals surface area contributed by atoms with E-state index in [0.29, 0.717) is 33.7 Å². The molecule has 0 aliphatic carbocycles. The Hall–Kier alpha value is -3.61. The summed E-state index contributed by atoms with van der Waals surface area (Å²) in [5, 5.41) is 18.8. The molecule has 31 heavy (non-hydrogen) atoms. The number of nitriles is 2. The van der Waals surface area contributed by atoms with E-state index in [1.54, 1.807) is 48.5 Å². The molecule has 0 N–H and O–H groups in total.